The summed E-state index contributed by atoms with van der Waals surface area (Å²) < 4.78 is 5.28. The second kappa shape index (κ2) is 8.06. The van der Waals surface area contributed by atoms with Gasteiger partial charge in [0.2, 0.25) is 0 Å². The van der Waals surface area contributed by atoms with Gasteiger partial charge in [-0.25, -0.2) is 0 Å². The summed E-state index contributed by atoms with van der Waals surface area (Å²) >= 11 is 0. The molecule has 0 saturated heterocycles. The Morgan fingerprint density at radius 2 is 1.82 bits per heavy atom. The lowest BCUT2D eigenvalue weighted by Crippen LogP contribution is -2.07. The average molecular weight is 158 g/mol. The SMILES string of the molecule is CCCCCC[C@H](CC)OC. The molecule has 0 heterocycles. The van der Waals surface area contributed by atoms with E-state index in [2.05, 4.69) is 13.8 Å². The van der Waals surface area contributed by atoms with Gasteiger partial charge in [-0.05, 0) is 12.8 Å². The lowest BCUT2D eigenvalue weighted by molar-refractivity contribution is 0.0897. The summed E-state index contributed by atoms with van der Waals surface area (Å²) in [6.45, 7) is 4.43. The topological polar surface area (TPSA) is 9.23 Å². The number of hydrogen-bond donors (Lipinski definition) is 0. The van der Waals surface area contributed by atoms with Gasteiger partial charge in [-0.2, -0.15) is 0 Å². The third-order valence-electron chi connectivity index (χ3n) is 2.17. The van der Waals surface area contributed by atoms with Crippen LogP contribution in [0.3, 0.4) is 0 Å². The van der Waals surface area contributed by atoms with Gasteiger partial charge in [-0.1, -0.05) is 39.5 Å². The van der Waals surface area contributed by atoms with Gasteiger partial charge in [-0.15, -0.1) is 0 Å². The van der Waals surface area contributed by atoms with Gasteiger partial charge in [0.1, 0.15) is 0 Å². The van der Waals surface area contributed by atoms with E-state index in [1.54, 1.807) is 0 Å². The summed E-state index contributed by atoms with van der Waals surface area (Å²) in [4.78, 5) is 0. The van der Waals surface area contributed by atoms with Crippen LogP contribution >= 0.6 is 0 Å². The molecule has 0 N–H and O–H groups in total. The number of methoxy groups -OCH3 is 1. The minimum absolute atomic E-state index is 0.506. The Kier molecular flexibility index (Phi) is 8.03. The van der Waals surface area contributed by atoms with Crippen LogP contribution in [-0.2, 0) is 4.74 Å². The molecule has 0 amide bonds. The Balaban J connectivity index is 3.07. The molecule has 0 aliphatic carbocycles. The Morgan fingerprint density at radius 3 is 2.27 bits per heavy atom. The largest absolute Gasteiger partial charge is 0.381 e. The molecule has 1 nitrogen and oxygen atoms in total. The normalized spacial score (nSPS) is 13.4. The van der Waals surface area contributed by atoms with Crippen LogP contribution in [0.25, 0.3) is 0 Å². The van der Waals surface area contributed by atoms with E-state index < -0.39 is 0 Å². The average Bonchev–Trinajstić information content (AvgIpc) is 2.05. The van der Waals surface area contributed by atoms with E-state index in [-0.39, 0.29) is 0 Å². The number of rotatable bonds is 7. The van der Waals surface area contributed by atoms with Crippen LogP contribution in [0.5, 0.6) is 0 Å². The highest BCUT2D eigenvalue weighted by atomic mass is 16.5. The van der Waals surface area contributed by atoms with Gasteiger partial charge < -0.3 is 4.74 Å². The molecule has 0 fully saturated rings. The molecule has 0 aromatic carbocycles. The van der Waals surface area contributed by atoms with Crippen LogP contribution in [-0.4, -0.2) is 13.2 Å². The summed E-state index contributed by atoms with van der Waals surface area (Å²) in [5, 5.41) is 0. The fraction of sp³-hybridized carbons (Fsp3) is 1.00. The van der Waals surface area contributed by atoms with Crippen molar-refractivity contribution in [1.29, 1.82) is 0 Å². The molecule has 11 heavy (non-hydrogen) atoms. The number of ether oxygens (including phenoxy) is 1. The van der Waals surface area contributed by atoms with Crippen LogP contribution in [0.2, 0.25) is 0 Å². The smallest absolute Gasteiger partial charge is 0.0568 e. The van der Waals surface area contributed by atoms with E-state index in [1.165, 1.54) is 32.1 Å². The predicted octanol–water partition coefficient (Wildman–Crippen LogP) is 3.38. The van der Waals surface area contributed by atoms with Crippen molar-refractivity contribution in [2.75, 3.05) is 7.11 Å². The molecule has 1 atom stereocenters. The van der Waals surface area contributed by atoms with Crippen molar-refractivity contribution in [2.24, 2.45) is 0 Å². The molecule has 0 aliphatic heterocycles. The maximum absolute atomic E-state index is 5.28. The minimum Gasteiger partial charge on any atom is -0.381 e. The maximum Gasteiger partial charge on any atom is 0.0568 e. The van der Waals surface area contributed by atoms with Crippen molar-refractivity contribution in [1.82, 2.24) is 0 Å². The standard InChI is InChI=1S/C10H22O/c1-4-6-7-8-9-10(5-2)11-3/h10H,4-9H2,1-3H3/t10-/m0/s1. The van der Waals surface area contributed by atoms with E-state index in [0.29, 0.717) is 6.10 Å². The Bertz CT molecular complexity index is 67.3. The third kappa shape index (κ3) is 6.36. The van der Waals surface area contributed by atoms with Crippen molar-refractivity contribution < 1.29 is 4.74 Å². The first kappa shape index (κ1) is 11.0. The second-order valence-corrected chi connectivity index (χ2v) is 3.12. The van der Waals surface area contributed by atoms with E-state index >= 15 is 0 Å². The summed E-state index contributed by atoms with van der Waals surface area (Å²) in [5.74, 6) is 0. The summed E-state index contributed by atoms with van der Waals surface area (Å²) in [5.41, 5.74) is 0. The molecule has 0 unspecified atom stereocenters. The zero-order chi connectivity index (χ0) is 8.53. The Hall–Kier alpha value is -0.0400. The molecule has 0 saturated carbocycles. The fourth-order valence-electron chi connectivity index (χ4n) is 1.29. The van der Waals surface area contributed by atoms with E-state index in [9.17, 15) is 0 Å². The number of hydrogen-bond acceptors (Lipinski definition) is 1. The highest BCUT2D eigenvalue weighted by molar-refractivity contribution is 4.54. The predicted molar refractivity (Wildman–Crippen MR) is 49.8 cm³/mol. The van der Waals surface area contributed by atoms with Crippen LogP contribution in [0.4, 0.5) is 0 Å². The van der Waals surface area contributed by atoms with Crippen LogP contribution in [0, 0.1) is 0 Å². The van der Waals surface area contributed by atoms with Gasteiger partial charge in [-0.3, -0.25) is 0 Å². The van der Waals surface area contributed by atoms with Crippen LogP contribution < -0.4 is 0 Å². The van der Waals surface area contributed by atoms with Gasteiger partial charge in [0.25, 0.3) is 0 Å². The van der Waals surface area contributed by atoms with Crippen molar-refractivity contribution in [2.45, 2.75) is 58.5 Å². The molecule has 0 radical (unpaired) electrons. The summed E-state index contributed by atoms with van der Waals surface area (Å²) in [6, 6.07) is 0. The molecular formula is C10H22O. The highest BCUT2D eigenvalue weighted by Gasteiger charge is 2.01. The fourth-order valence-corrected chi connectivity index (χ4v) is 1.29. The first-order chi connectivity index (χ1) is 5.35. The van der Waals surface area contributed by atoms with E-state index in [0.717, 1.165) is 6.42 Å². The molecule has 68 valence electrons. The van der Waals surface area contributed by atoms with Crippen molar-refractivity contribution in [3.8, 4) is 0 Å². The number of unbranched alkanes of at least 4 members (excludes halogenated alkanes) is 3. The zero-order valence-corrected chi connectivity index (χ0v) is 8.23. The van der Waals surface area contributed by atoms with Gasteiger partial charge in [0, 0.05) is 7.11 Å². The van der Waals surface area contributed by atoms with Crippen molar-refractivity contribution in [3.63, 3.8) is 0 Å². The zero-order valence-electron chi connectivity index (χ0n) is 8.23. The molecule has 0 rings (SSSR count). The minimum atomic E-state index is 0.506. The van der Waals surface area contributed by atoms with E-state index in [1.807, 2.05) is 7.11 Å². The molecular weight excluding hydrogens is 136 g/mol. The first-order valence-electron chi connectivity index (χ1n) is 4.87. The third-order valence-corrected chi connectivity index (χ3v) is 2.17. The lowest BCUT2D eigenvalue weighted by atomic mass is 10.1. The van der Waals surface area contributed by atoms with Crippen molar-refractivity contribution in [3.05, 3.63) is 0 Å². The molecule has 0 bridgehead atoms. The Labute approximate surface area is 71.1 Å². The van der Waals surface area contributed by atoms with E-state index in [4.69, 9.17) is 4.74 Å². The van der Waals surface area contributed by atoms with Crippen LogP contribution in [0.15, 0.2) is 0 Å². The highest BCUT2D eigenvalue weighted by Crippen LogP contribution is 2.09. The summed E-state index contributed by atoms with van der Waals surface area (Å²) in [7, 11) is 1.81. The van der Waals surface area contributed by atoms with Gasteiger partial charge in [0.15, 0.2) is 0 Å². The summed E-state index contributed by atoms with van der Waals surface area (Å²) in [6.07, 6.45) is 8.31. The van der Waals surface area contributed by atoms with Crippen LogP contribution in [0.1, 0.15) is 52.4 Å². The molecule has 0 spiro atoms. The monoisotopic (exact) mass is 158 g/mol. The quantitative estimate of drug-likeness (QED) is 0.516. The van der Waals surface area contributed by atoms with Crippen molar-refractivity contribution >= 4 is 0 Å². The molecule has 0 aromatic heterocycles. The molecule has 0 aromatic rings. The van der Waals surface area contributed by atoms with Gasteiger partial charge >= 0.3 is 0 Å². The maximum atomic E-state index is 5.28. The second-order valence-electron chi connectivity index (χ2n) is 3.12. The Morgan fingerprint density at radius 1 is 1.09 bits per heavy atom. The van der Waals surface area contributed by atoms with Gasteiger partial charge in [0.05, 0.1) is 6.10 Å². The molecule has 1 heteroatoms. The first-order valence-corrected chi connectivity index (χ1v) is 4.87. The molecule has 0 aliphatic rings. The lowest BCUT2D eigenvalue weighted by Gasteiger charge is -2.11.